The summed E-state index contributed by atoms with van der Waals surface area (Å²) < 4.78 is 93.0. The second kappa shape index (κ2) is 6.80. The van der Waals surface area contributed by atoms with Crippen molar-refractivity contribution in [2.45, 2.75) is 18.8 Å². The number of alkyl halides is 6. The predicted octanol–water partition coefficient (Wildman–Crippen LogP) is 4.82. The van der Waals surface area contributed by atoms with Crippen LogP contribution in [0.15, 0.2) is 36.4 Å². The first-order valence-corrected chi connectivity index (χ1v) is 7.69. The number of anilines is 1. The van der Waals surface area contributed by atoms with E-state index >= 15 is 0 Å². The molecule has 0 saturated carbocycles. The molecular formula is C17H11F7N4. The highest BCUT2D eigenvalue weighted by atomic mass is 19.4. The Kier molecular flexibility index (Phi) is 4.77. The number of benzene rings is 2. The third-order valence-corrected chi connectivity index (χ3v) is 3.88. The smallest absolute Gasteiger partial charge is 0.367 e. The summed E-state index contributed by atoms with van der Waals surface area (Å²) in [5.74, 6) is -1.21. The van der Waals surface area contributed by atoms with Gasteiger partial charge in [0.05, 0.1) is 11.1 Å². The van der Waals surface area contributed by atoms with E-state index in [9.17, 15) is 30.7 Å². The lowest BCUT2D eigenvalue weighted by Gasteiger charge is -2.16. The van der Waals surface area contributed by atoms with Crippen LogP contribution in [-0.2, 0) is 18.8 Å². The molecule has 4 nitrogen and oxygen atoms in total. The molecule has 0 fully saturated rings. The van der Waals surface area contributed by atoms with E-state index in [1.807, 2.05) is 0 Å². The van der Waals surface area contributed by atoms with Crippen LogP contribution >= 0.6 is 0 Å². The van der Waals surface area contributed by atoms with Gasteiger partial charge in [-0.25, -0.2) is 4.39 Å². The largest absolute Gasteiger partial charge is 0.417 e. The number of hydrogen-bond donors (Lipinski definition) is 2. The zero-order chi connectivity index (χ0) is 20.7. The molecule has 28 heavy (non-hydrogen) atoms. The Morgan fingerprint density at radius 2 is 1.57 bits per heavy atom. The lowest BCUT2D eigenvalue weighted by molar-refractivity contribution is -0.138. The summed E-state index contributed by atoms with van der Waals surface area (Å²) >= 11 is 0. The first-order valence-electron chi connectivity index (χ1n) is 7.69. The van der Waals surface area contributed by atoms with E-state index in [4.69, 9.17) is 5.73 Å². The Labute approximate surface area is 153 Å². The van der Waals surface area contributed by atoms with Crippen molar-refractivity contribution in [2.24, 2.45) is 0 Å². The molecule has 3 rings (SSSR count). The number of rotatable bonds is 3. The Morgan fingerprint density at radius 3 is 2.07 bits per heavy atom. The standard InChI is InChI=1S/C17H11F7N4/c18-12-6-8(7-13-26-15(25)28-27-13)5-11(17(22,23)24)14(12)9-1-3-10(4-2-9)16(19,20)21/h1-6H,7H2,(H3,25,26,27,28). The Morgan fingerprint density at radius 1 is 0.929 bits per heavy atom. The third kappa shape index (κ3) is 4.07. The van der Waals surface area contributed by atoms with Crippen LogP contribution in [0.5, 0.6) is 0 Å². The van der Waals surface area contributed by atoms with Crippen LogP contribution in [-0.4, -0.2) is 15.2 Å². The molecule has 0 spiro atoms. The van der Waals surface area contributed by atoms with Gasteiger partial charge in [0.1, 0.15) is 11.6 Å². The van der Waals surface area contributed by atoms with Crippen LogP contribution in [0.1, 0.15) is 22.5 Å². The molecule has 0 amide bonds. The molecule has 0 aliphatic rings. The van der Waals surface area contributed by atoms with Crippen molar-refractivity contribution in [3.8, 4) is 11.1 Å². The van der Waals surface area contributed by atoms with E-state index < -0.39 is 34.9 Å². The summed E-state index contributed by atoms with van der Waals surface area (Å²) in [7, 11) is 0. The molecule has 1 heterocycles. The normalized spacial score (nSPS) is 12.4. The Hall–Kier alpha value is -3.11. The van der Waals surface area contributed by atoms with Crippen molar-refractivity contribution < 1.29 is 30.7 Å². The van der Waals surface area contributed by atoms with E-state index in [1.165, 1.54) is 0 Å². The summed E-state index contributed by atoms with van der Waals surface area (Å²) in [6.45, 7) is 0. The van der Waals surface area contributed by atoms with Gasteiger partial charge in [-0.15, -0.1) is 5.10 Å². The van der Waals surface area contributed by atoms with E-state index in [0.717, 1.165) is 24.3 Å². The number of nitrogen functional groups attached to an aromatic ring is 1. The number of aromatic amines is 1. The topological polar surface area (TPSA) is 67.6 Å². The van der Waals surface area contributed by atoms with Gasteiger partial charge >= 0.3 is 12.4 Å². The van der Waals surface area contributed by atoms with Gasteiger partial charge in [-0.3, -0.25) is 5.10 Å². The molecular weight excluding hydrogens is 393 g/mol. The summed E-state index contributed by atoms with van der Waals surface area (Å²) in [6, 6.07) is 4.37. The highest BCUT2D eigenvalue weighted by Gasteiger charge is 2.36. The lowest BCUT2D eigenvalue weighted by Crippen LogP contribution is -2.11. The average molecular weight is 404 g/mol. The van der Waals surface area contributed by atoms with Crippen LogP contribution in [0, 0.1) is 5.82 Å². The molecule has 0 atom stereocenters. The van der Waals surface area contributed by atoms with Gasteiger partial charge in [-0.1, -0.05) is 12.1 Å². The van der Waals surface area contributed by atoms with Crippen LogP contribution < -0.4 is 5.73 Å². The third-order valence-electron chi connectivity index (χ3n) is 3.88. The summed E-state index contributed by atoms with van der Waals surface area (Å²) in [4.78, 5) is 3.74. The number of aromatic nitrogens is 3. The monoisotopic (exact) mass is 404 g/mol. The second-order valence-corrected chi connectivity index (χ2v) is 5.89. The van der Waals surface area contributed by atoms with E-state index in [2.05, 4.69) is 15.2 Å². The van der Waals surface area contributed by atoms with Crippen molar-refractivity contribution >= 4 is 5.95 Å². The maximum absolute atomic E-state index is 14.6. The minimum Gasteiger partial charge on any atom is -0.367 e. The number of H-pyrrole nitrogens is 1. The zero-order valence-corrected chi connectivity index (χ0v) is 13.8. The molecule has 11 heteroatoms. The molecule has 1 aromatic heterocycles. The molecule has 3 N–H and O–H groups in total. The quantitative estimate of drug-likeness (QED) is 0.615. The molecule has 0 bridgehead atoms. The van der Waals surface area contributed by atoms with Gasteiger partial charge in [0, 0.05) is 12.0 Å². The SMILES string of the molecule is Nc1n[nH]c(Cc2cc(F)c(-c3ccc(C(F)(F)F)cc3)c(C(F)(F)F)c2)n1. The zero-order valence-electron chi connectivity index (χ0n) is 13.8. The van der Waals surface area contributed by atoms with Gasteiger partial charge in [0.15, 0.2) is 0 Å². The fraction of sp³-hybridized carbons (Fsp3) is 0.176. The van der Waals surface area contributed by atoms with Crippen molar-refractivity contribution in [1.29, 1.82) is 0 Å². The van der Waals surface area contributed by atoms with Gasteiger partial charge < -0.3 is 5.73 Å². The summed E-state index contributed by atoms with van der Waals surface area (Å²) in [5.41, 5.74) is 1.74. The van der Waals surface area contributed by atoms with Crippen LogP contribution in [0.2, 0.25) is 0 Å². The first kappa shape index (κ1) is 19.6. The summed E-state index contributed by atoms with van der Waals surface area (Å²) in [6.07, 6.45) is -9.79. The molecule has 148 valence electrons. The summed E-state index contributed by atoms with van der Waals surface area (Å²) in [5, 5.41) is 5.94. The average Bonchev–Trinajstić information content (AvgIpc) is 2.98. The van der Waals surface area contributed by atoms with E-state index in [-0.39, 0.29) is 29.3 Å². The minimum absolute atomic E-state index is 0.0587. The minimum atomic E-state index is -4.94. The van der Waals surface area contributed by atoms with E-state index in [0.29, 0.717) is 12.1 Å². The van der Waals surface area contributed by atoms with Crippen molar-refractivity contribution in [1.82, 2.24) is 15.2 Å². The fourth-order valence-corrected chi connectivity index (χ4v) is 2.69. The van der Waals surface area contributed by atoms with Crippen molar-refractivity contribution in [2.75, 3.05) is 5.73 Å². The van der Waals surface area contributed by atoms with Gasteiger partial charge in [-0.2, -0.15) is 31.3 Å². The van der Waals surface area contributed by atoms with E-state index in [1.54, 1.807) is 0 Å². The highest BCUT2D eigenvalue weighted by Crippen LogP contribution is 2.40. The number of nitrogens with two attached hydrogens (primary N) is 1. The first-order chi connectivity index (χ1) is 12.9. The number of nitrogens with one attached hydrogen (secondary N) is 1. The molecule has 3 aromatic rings. The lowest BCUT2D eigenvalue weighted by atomic mass is 9.94. The molecule has 0 radical (unpaired) electrons. The van der Waals surface area contributed by atoms with Crippen LogP contribution in [0.3, 0.4) is 0 Å². The van der Waals surface area contributed by atoms with Gasteiger partial charge in [0.25, 0.3) is 0 Å². The molecule has 0 aliphatic heterocycles. The number of nitrogens with zero attached hydrogens (tertiary/aromatic N) is 2. The predicted molar refractivity (Wildman–Crippen MR) is 85.4 cm³/mol. The van der Waals surface area contributed by atoms with Gasteiger partial charge in [0.2, 0.25) is 5.95 Å². The highest BCUT2D eigenvalue weighted by molar-refractivity contribution is 5.70. The molecule has 0 aliphatic carbocycles. The maximum atomic E-state index is 14.6. The Bertz CT molecular complexity index is 988. The van der Waals surface area contributed by atoms with Gasteiger partial charge in [-0.05, 0) is 35.4 Å². The Balaban J connectivity index is 2.07. The van der Waals surface area contributed by atoms with Crippen molar-refractivity contribution in [3.63, 3.8) is 0 Å². The molecule has 0 unspecified atom stereocenters. The fourth-order valence-electron chi connectivity index (χ4n) is 2.69. The van der Waals surface area contributed by atoms with Crippen LogP contribution in [0.4, 0.5) is 36.7 Å². The molecule has 0 saturated heterocycles. The van der Waals surface area contributed by atoms with Crippen molar-refractivity contribution in [3.05, 3.63) is 64.7 Å². The number of hydrogen-bond acceptors (Lipinski definition) is 3. The number of halogens is 7. The van der Waals surface area contributed by atoms with Crippen LogP contribution in [0.25, 0.3) is 11.1 Å². The second-order valence-electron chi connectivity index (χ2n) is 5.89. The maximum Gasteiger partial charge on any atom is 0.417 e. The molecule has 2 aromatic carbocycles.